The molecule has 1 aliphatic heterocycles. The lowest BCUT2D eigenvalue weighted by molar-refractivity contribution is 0.0576. The van der Waals surface area contributed by atoms with Crippen molar-refractivity contribution in [3.8, 4) is 0 Å². The van der Waals surface area contributed by atoms with E-state index >= 15 is 0 Å². The first-order valence-corrected chi connectivity index (χ1v) is 8.74. The maximum atomic E-state index is 12.5. The maximum Gasteiger partial charge on any atom is 0.416 e. The van der Waals surface area contributed by atoms with Gasteiger partial charge in [0.05, 0.1) is 6.10 Å². The minimum atomic E-state index is -0.506. The van der Waals surface area contributed by atoms with E-state index in [1.165, 1.54) is 0 Å². The number of anilines is 1. The van der Waals surface area contributed by atoms with Crippen molar-refractivity contribution in [2.75, 3.05) is 18.6 Å². The molecule has 0 fully saturated rings. The Hall–Kier alpha value is -1.62. The Kier molecular flexibility index (Phi) is 5.86. The van der Waals surface area contributed by atoms with Crippen molar-refractivity contribution >= 4 is 11.9 Å². The molecule has 1 aromatic heterocycles. The number of nitrogens with zero attached hydrogens (tertiary/aromatic N) is 2. The number of aryl methyl sites for hydroxylation is 1. The molecule has 5 nitrogen and oxygen atoms in total. The van der Waals surface area contributed by atoms with Crippen LogP contribution < -0.4 is 4.90 Å². The number of fused-ring (bicyclic) bond motifs is 1. The van der Waals surface area contributed by atoms with Gasteiger partial charge < -0.3 is 9.47 Å². The Morgan fingerprint density at radius 1 is 1.33 bits per heavy atom. The highest BCUT2D eigenvalue weighted by Crippen LogP contribution is 2.30. The number of methoxy groups -OCH3 is 1. The molecular weight excluding hydrogens is 304 g/mol. The Labute approximate surface area is 145 Å². The summed E-state index contributed by atoms with van der Waals surface area (Å²) in [4.78, 5) is 19.0. The fraction of sp³-hybridized carbons (Fsp3) is 0.684. The number of carbonyl (C=O) groups excluding carboxylic acids is 1. The van der Waals surface area contributed by atoms with E-state index in [-0.39, 0.29) is 18.1 Å². The predicted molar refractivity (Wildman–Crippen MR) is 95.6 cm³/mol. The molecular formula is C19H30N2O3. The van der Waals surface area contributed by atoms with E-state index in [1.54, 1.807) is 12.0 Å². The quantitative estimate of drug-likeness (QED) is 0.824. The molecule has 5 heteroatoms. The van der Waals surface area contributed by atoms with E-state index in [1.807, 2.05) is 20.8 Å². The fourth-order valence-electron chi connectivity index (χ4n) is 2.94. The lowest BCUT2D eigenvalue weighted by Gasteiger charge is -2.31. The van der Waals surface area contributed by atoms with Crippen molar-refractivity contribution in [1.82, 2.24) is 4.98 Å². The van der Waals surface area contributed by atoms with Gasteiger partial charge >= 0.3 is 6.09 Å². The van der Waals surface area contributed by atoms with Gasteiger partial charge in [-0.25, -0.2) is 9.78 Å². The molecule has 1 aliphatic rings. The first kappa shape index (κ1) is 18.7. The highest BCUT2D eigenvalue weighted by atomic mass is 16.6. The summed E-state index contributed by atoms with van der Waals surface area (Å²) >= 11 is 0. The summed E-state index contributed by atoms with van der Waals surface area (Å²) in [6.45, 7) is 10.5. The van der Waals surface area contributed by atoms with Crippen LogP contribution in [0.15, 0.2) is 12.1 Å². The van der Waals surface area contributed by atoms with E-state index in [4.69, 9.17) is 14.5 Å². The monoisotopic (exact) mass is 334 g/mol. The third kappa shape index (κ3) is 4.69. The summed E-state index contributed by atoms with van der Waals surface area (Å²) in [5.41, 5.74) is 1.60. The summed E-state index contributed by atoms with van der Waals surface area (Å²) in [5.74, 6) is 1.03. The number of ether oxygens (including phenoxy) is 2. The molecule has 1 amide bonds. The van der Waals surface area contributed by atoms with Gasteiger partial charge in [0.1, 0.15) is 11.4 Å². The lowest BCUT2D eigenvalue weighted by Crippen LogP contribution is -2.40. The molecule has 0 saturated heterocycles. The molecule has 0 saturated carbocycles. The van der Waals surface area contributed by atoms with Gasteiger partial charge in [0.2, 0.25) is 0 Å². The number of carbonyl (C=O) groups is 1. The Morgan fingerprint density at radius 2 is 2.04 bits per heavy atom. The molecule has 2 heterocycles. The zero-order valence-electron chi connectivity index (χ0n) is 15.8. The van der Waals surface area contributed by atoms with E-state index in [2.05, 4.69) is 26.0 Å². The van der Waals surface area contributed by atoms with Gasteiger partial charge in [0.15, 0.2) is 0 Å². The summed E-state index contributed by atoms with van der Waals surface area (Å²) in [5, 5.41) is 0. The molecule has 2 unspecified atom stereocenters. The van der Waals surface area contributed by atoms with Crippen molar-refractivity contribution < 1.29 is 14.3 Å². The zero-order chi connectivity index (χ0) is 17.9. The number of hydrogen-bond acceptors (Lipinski definition) is 4. The summed E-state index contributed by atoms with van der Waals surface area (Å²) in [7, 11) is 1.72. The zero-order valence-corrected chi connectivity index (χ0v) is 15.8. The third-order valence-corrected chi connectivity index (χ3v) is 4.27. The van der Waals surface area contributed by atoms with Gasteiger partial charge in [0.25, 0.3) is 0 Å². The summed E-state index contributed by atoms with van der Waals surface area (Å²) in [6.07, 6.45) is 2.65. The Bertz CT molecular complexity index is 580. The average molecular weight is 334 g/mol. The normalized spacial score (nSPS) is 17.2. The van der Waals surface area contributed by atoms with Crippen LogP contribution in [0.4, 0.5) is 10.6 Å². The van der Waals surface area contributed by atoms with Crippen LogP contribution in [0, 0.1) is 0 Å². The van der Waals surface area contributed by atoms with Gasteiger partial charge in [-0.3, -0.25) is 4.90 Å². The van der Waals surface area contributed by atoms with Crippen LogP contribution in [0.5, 0.6) is 0 Å². The average Bonchev–Trinajstić information content (AvgIpc) is 2.51. The van der Waals surface area contributed by atoms with Crippen LogP contribution in [0.2, 0.25) is 0 Å². The van der Waals surface area contributed by atoms with Crippen LogP contribution >= 0.6 is 0 Å². The second kappa shape index (κ2) is 7.51. The highest BCUT2D eigenvalue weighted by Gasteiger charge is 2.29. The van der Waals surface area contributed by atoms with Crippen LogP contribution in [-0.4, -0.2) is 36.4 Å². The number of amides is 1. The van der Waals surface area contributed by atoms with Crippen molar-refractivity contribution in [2.45, 2.75) is 71.5 Å². The van der Waals surface area contributed by atoms with Gasteiger partial charge in [0, 0.05) is 25.3 Å². The molecule has 0 N–H and O–H groups in total. The van der Waals surface area contributed by atoms with E-state index in [0.717, 1.165) is 36.3 Å². The number of hydrogen-bond donors (Lipinski definition) is 0. The van der Waals surface area contributed by atoms with Crippen LogP contribution in [0.3, 0.4) is 0 Å². The van der Waals surface area contributed by atoms with E-state index in [0.29, 0.717) is 6.54 Å². The molecule has 24 heavy (non-hydrogen) atoms. The molecule has 0 aromatic carbocycles. The van der Waals surface area contributed by atoms with E-state index < -0.39 is 5.60 Å². The Balaban J connectivity index is 2.24. The number of pyridine rings is 1. The second-order valence-electron chi connectivity index (χ2n) is 7.64. The molecule has 0 spiro atoms. The first-order chi connectivity index (χ1) is 11.2. The summed E-state index contributed by atoms with van der Waals surface area (Å²) in [6, 6.07) is 4.17. The van der Waals surface area contributed by atoms with Crippen molar-refractivity contribution in [2.24, 2.45) is 0 Å². The molecule has 134 valence electrons. The van der Waals surface area contributed by atoms with Crippen LogP contribution in [0.1, 0.15) is 64.6 Å². The molecule has 2 atom stereocenters. The largest absolute Gasteiger partial charge is 0.443 e. The van der Waals surface area contributed by atoms with Crippen molar-refractivity contribution in [1.29, 1.82) is 0 Å². The minimum Gasteiger partial charge on any atom is -0.443 e. The second-order valence-corrected chi connectivity index (χ2v) is 7.64. The predicted octanol–water partition coefficient (Wildman–Crippen LogP) is 4.30. The first-order valence-electron chi connectivity index (χ1n) is 8.74. The fourth-order valence-corrected chi connectivity index (χ4v) is 2.94. The number of rotatable bonds is 4. The molecule has 0 aliphatic carbocycles. The Morgan fingerprint density at radius 3 is 2.67 bits per heavy atom. The van der Waals surface area contributed by atoms with Gasteiger partial charge in [-0.1, -0.05) is 13.0 Å². The van der Waals surface area contributed by atoms with Crippen LogP contribution in [0.25, 0.3) is 0 Å². The molecule has 0 radical (unpaired) electrons. The van der Waals surface area contributed by atoms with Crippen molar-refractivity contribution in [3.63, 3.8) is 0 Å². The minimum absolute atomic E-state index is 0.180. The SMILES string of the molecule is COC(C)CC(C)c1ccc2c(n1)N(C(=O)OC(C)(C)C)CCC2. The van der Waals surface area contributed by atoms with Gasteiger partial charge in [-0.15, -0.1) is 0 Å². The maximum absolute atomic E-state index is 12.5. The molecule has 1 aromatic rings. The van der Waals surface area contributed by atoms with E-state index in [9.17, 15) is 4.79 Å². The van der Waals surface area contributed by atoms with Gasteiger partial charge in [-0.2, -0.15) is 0 Å². The van der Waals surface area contributed by atoms with Crippen molar-refractivity contribution in [3.05, 3.63) is 23.4 Å². The molecule has 2 rings (SSSR count). The highest BCUT2D eigenvalue weighted by molar-refractivity contribution is 5.88. The number of aromatic nitrogens is 1. The lowest BCUT2D eigenvalue weighted by atomic mass is 9.98. The smallest absolute Gasteiger partial charge is 0.416 e. The third-order valence-electron chi connectivity index (χ3n) is 4.27. The topological polar surface area (TPSA) is 51.7 Å². The molecule has 0 bridgehead atoms. The summed E-state index contributed by atoms with van der Waals surface area (Å²) < 4.78 is 10.9. The van der Waals surface area contributed by atoms with Crippen LogP contribution in [-0.2, 0) is 15.9 Å². The standard InChI is InChI=1S/C19H30N2O3/c1-13(12-14(2)23-6)16-10-9-15-8-7-11-21(17(15)20-16)18(22)24-19(3,4)5/h9-10,13-14H,7-8,11-12H2,1-6H3. The van der Waals surface area contributed by atoms with Gasteiger partial charge in [-0.05, 0) is 58.6 Å².